The van der Waals surface area contributed by atoms with Crippen LogP contribution in [0.25, 0.3) is 0 Å². The summed E-state index contributed by atoms with van der Waals surface area (Å²) in [5.41, 5.74) is 0.925. The van der Waals surface area contributed by atoms with Crippen LogP contribution in [0.4, 0.5) is 0 Å². The molecule has 1 aliphatic heterocycles. The fraction of sp³-hybridized carbons (Fsp3) is 0.625. The lowest BCUT2D eigenvalue weighted by atomic mass is 10.1. The Bertz CT molecular complexity index is 481. The second-order valence-electron chi connectivity index (χ2n) is 6.34. The third-order valence-electron chi connectivity index (χ3n) is 3.87. The quantitative estimate of drug-likeness (QED) is 0.647. The van der Waals surface area contributed by atoms with Crippen LogP contribution in [0, 0.1) is 0 Å². The normalized spacial score (nSPS) is 19.6. The molecule has 0 radical (unpaired) electrons. The largest absolute Gasteiger partial charge is 0.466 e. The van der Waals surface area contributed by atoms with Crippen molar-refractivity contribution in [3.05, 3.63) is 30.1 Å². The van der Waals surface area contributed by atoms with Gasteiger partial charge in [-0.1, -0.05) is 26.8 Å². The SMILES string of the molecule is CCOC(=O)CC(NS1(C(C)(C)C)CC1)c1ccccn1. The van der Waals surface area contributed by atoms with Gasteiger partial charge in [0.2, 0.25) is 0 Å². The zero-order valence-corrected chi connectivity index (χ0v) is 14.2. The minimum atomic E-state index is -0.853. The van der Waals surface area contributed by atoms with Crippen molar-refractivity contribution in [3.63, 3.8) is 0 Å². The number of esters is 1. The summed E-state index contributed by atoms with van der Waals surface area (Å²) in [5, 5.41) is 0. The molecule has 0 amide bonds. The summed E-state index contributed by atoms with van der Waals surface area (Å²) in [7, 11) is -0.853. The molecule has 0 bridgehead atoms. The molecule has 0 aliphatic carbocycles. The van der Waals surface area contributed by atoms with Crippen LogP contribution >= 0.6 is 10.2 Å². The van der Waals surface area contributed by atoms with Gasteiger partial charge in [-0.3, -0.25) is 14.5 Å². The molecule has 1 saturated heterocycles. The van der Waals surface area contributed by atoms with Crippen molar-refractivity contribution in [3.8, 4) is 0 Å². The van der Waals surface area contributed by atoms with Crippen molar-refractivity contribution < 1.29 is 9.53 Å². The van der Waals surface area contributed by atoms with Crippen LogP contribution in [0.2, 0.25) is 0 Å². The zero-order valence-electron chi connectivity index (χ0n) is 13.4. The Kier molecular flexibility index (Phi) is 4.94. The lowest BCUT2D eigenvalue weighted by Gasteiger charge is -2.39. The highest BCUT2D eigenvalue weighted by Crippen LogP contribution is 2.68. The van der Waals surface area contributed by atoms with Crippen molar-refractivity contribution in [2.24, 2.45) is 0 Å². The van der Waals surface area contributed by atoms with Gasteiger partial charge < -0.3 is 4.74 Å². The highest BCUT2D eigenvalue weighted by molar-refractivity contribution is 8.38. The van der Waals surface area contributed by atoms with Crippen LogP contribution < -0.4 is 4.72 Å². The molecular weight excluding hydrogens is 284 g/mol. The average Bonchev–Trinajstić information content (AvgIpc) is 3.20. The maximum absolute atomic E-state index is 11.9. The lowest BCUT2D eigenvalue weighted by molar-refractivity contribution is -0.143. The molecule has 118 valence electrons. The van der Waals surface area contributed by atoms with Gasteiger partial charge in [0.05, 0.1) is 24.8 Å². The predicted molar refractivity (Wildman–Crippen MR) is 88.4 cm³/mol. The van der Waals surface area contributed by atoms with Crippen molar-refractivity contribution in [1.82, 2.24) is 9.71 Å². The Labute approximate surface area is 129 Å². The molecule has 2 rings (SSSR count). The molecular formula is C16H26N2O2S. The summed E-state index contributed by atoms with van der Waals surface area (Å²) in [6.45, 7) is 9.10. The molecule has 1 aromatic rings. The first-order valence-corrected chi connectivity index (χ1v) is 9.47. The Morgan fingerprint density at radius 1 is 1.43 bits per heavy atom. The van der Waals surface area contributed by atoms with Crippen LogP contribution in [-0.4, -0.2) is 33.8 Å². The molecule has 2 heterocycles. The fourth-order valence-electron chi connectivity index (χ4n) is 2.44. The number of pyridine rings is 1. The van der Waals surface area contributed by atoms with Crippen molar-refractivity contribution in [1.29, 1.82) is 0 Å². The first-order chi connectivity index (χ1) is 9.88. The van der Waals surface area contributed by atoms with Crippen molar-refractivity contribution >= 4 is 16.2 Å². The molecule has 1 atom stereocenters. The average molecular weight is 310 g/mol. The predicted octanol–water partition coefficient (Wildman–Crippen LogP) is 3.20. The van der Waals surface area contributed by atoms with E-state index in [9.17, 15) is 4.79 Å². The molecule has 1 unspecified atom stereocenters. The number of hydrogen-bond acceptors (Lipinski definition) is 4. The van der Waals surface area contributed by atoms with Gasteiger partial charge in [0.1, 0.15) is 0 Å². The van der Waals surface area contributed by atoms with E-state index in [1.165, 1.54) is 11.5 Å². The van der Waals surface area contributed by atoms with Crippen LogP contribution in [0.1, 0.15) is 45.9 Å². The van der Waals surface area contributed by atoms with Crippen LogP contribution in [0.5, 0.6) is 0 Å². The van der Waals surface area contributed by atoms with Gasteiger partial charge in [-0.2, -0.15) is 10.2 Å². The maximum atomic E-state index is 11.9. The van der Waals surface area contributed by atoms with E-state index in [2.05, 4.69) is 30.5 Å². The van der Waals surface area contributed by atoms with Crippen LogP contribution in [0.3, 0.4) is 0 Å². The smallest absolute Gasteiger partial charge is 0.307 e. The monoisotopic (exact) mass is 310 g/mol. The molecule has 4 nitrogen and oxygen atoms in total. The van der Waals surface area contributed by atoms with E-state index >= 15 is 0 Å². The fourth-order valence-corrected chi connectivity index (χ4v) is 5.67. The van der Waals surface area contributed by atoms with Crippen LogP contribution in [0.15, 0.2) is 24.4 Å². The number of carbonyl (C=O) groups excluding carboxylic acids is 1. The number of carbonyl (C=O) groups is 1. The Morgan fingerprint density at radius 3 is 2.62 bits per heavy atom. The number of rotatable bonds is 6. The molecule has 5 heteroatoms. The van der Waals surface area contributed by atoms with E-state index in [-0.39, 0.29) is 16.8 Å². The van der Waals surface area contributed by atoms with E-state index in [1.54, 1.807) is 6.20 Å². The summed E-state index contributed by atoms with van der Waals surface area (Å²) in [5.74, 6) is 2.29. The van der Waals surface area contributed by atoms with Crippen molar-refractivity contribution in [2.45, 2.75) is 44.9 Å². The van der Waals surface area contributed by atoms with Gasteiger partial charge in [0.15, 0.2) is 0 Å². The molecule has 0 aromatic carbocycles. The maximum Gasteiger partial charge on any atom is 0.307 e. The molecule has 1 aromatic heterocycles. The standard InChI is InChI=1S/C16H26N2O2S/c1-5-20-15(19)12-14(13-8-6-7-9-17-13)18-21(10-11-21)16(2,3)4/h6-9,14,18H,5,10-12H2,1-4H3. The first kappa shape index (κ1) is 16.3. The molecule has 21 heavy (non-hydrogen) atoms. The van der Waals surface area contributed by atoms with E-state index in [0.717, 1.165) is 5.69 Å². The summed E-state index contributed by atoms with van der Waals surface area (Å²) in [4.78, 5) is 16.3. The second-order valence-corrected chi connectivity index (χ2v) is 10.4. The highest BCUT2D eigenvalue weighted by atomic mass is 32.3. The molecule has 0 spiro atoms. The molecule has 1 fully saturated rings. The van der Waals surface area contributed by atoms with Gasteiger partial charge in [-0.25, -0.2) is 0 Å². The minimum absolute atomic E-state index is 0.0537. The summed E-state index contributed by atoms with van der Waals surface area (Å²) < 4.78 is 9.13. The topological polar surface area (TPSA) is 51.2 Å². The Hall–Kier alpha value is -1.07. The minimum Gasteiger partial charge on any atom is -0.466 e. The van der Waals surface area contributed by atoms with Gasteiger partial charge in [0, 0.05) is 10.9 Å². The number of aromatic nitrogens is 1. The zero-order chi connectivity index (χ0) is 15.5. The van der Waals surface area contributed by atoms with Gasteiger partial charge in [-0.05, 0) is 30.6 Å². The number of ether oxygens (including phenoxy) is 1. The summed E-state index contributed by atoms with van der Waals surface area (Å²) >= 11 is 0. The summed E-state index contributed by atoms with van der Waals surface area (Å²) in [6.07, 6.45) is 2.12. The Balaban J connectivity index is 2.15. The van der Waals surface area contributed by atoms with E-state index in [1.807, 2.05) is 25.1 Å². The number of nitrogens with zero attached hydrogens (tertiary/aromatic N) is 1. The van der Waals surface area contributed by atoms with Gasteiger partial charge in [-0.15, -0.1) is 0 Å². The van der Waals surface area contributed by atoms with Gasteiger partial charge >= 0.3 is 5.97 Å². The molecule has 1 aliphatic rings. The third kappa shape index (κ3) is 3.98. The van der Waals surface area contributed by atoms with E-state index in [0.29, 0.717) is 13.0 Å². The molecule has 1 N–H and O–H groups in total. The van der Waals surface area contributed by atoms with E-state index < -0.39 is 10.2 Å². The van der Waals surface area contributed by atoms with Crippen molar-refractivity contribution in [2.75, 3.05) is 18.1 Å². The number of nitrogens with one attached hydrogen (secondary N) is 1. The Morgan fingerprint density at radius 2 is 2.14 bits per heavy atom. The number of hydrogen-bond donors (Lipinski definition) is 1. The second kappa shape index (κ2) is 6.36. The third-order valence-corrected chi connectivity index (χ3v) is 8.18. The summed E-state index contributed by atoms with van der Waals surface area (Å²) in [6, 6.07) is 5.79. The van der Waals surface area contributed by atoms with Gasteiger partial charge in [0.25, 0.3) is 0 Å². The first-order valence-electron chi connectivity index (χ1n) is 7.50. The molecule has 0 saturated carbocycles. The van der Waals surface area contributed by atoms with E-state index in [4.69, 9.17) is 4.74 Å². The highest BCUT2D eigenvalue weighted by Gasteiger charge is 2.48. The van der Waals surface area contributed by atoms with Crippen LogP contribution in [-0.2, 0) is 9.53 Å². The lowest BCUT2D eigenvalue weighted by Crippen LogP contribution is -2.32.